The topological polar surface area (TPSA) is 23.5 Å². The molecule has 0 amide bonds. The van der Waals surface area contributed by atoms with Crippen molar-refractivity contribution in [3.05, 3.63) is 29.8 Å². The normalized spacial score (nSPS) is 24.6. The van der Waals surface area contributed by atoms with Gasteiger partial charge in [-0.05, 0) is 32.5 Å². The molecule has 1 aliphatic heterocycles. The molecular weight excluding hydrogens is 278 g/mol. The lowest BCUT2D eigenvalue weighted by atomic mass is 9.75. The molecule has 1 aromatic carbocycles. The van der Waals surface area contributed by atoms with Crippen LogP contribution in [0.4, 0.5) is 0 Å². The molecule has 1 aromatic rings. The number of likely N-dealkylation sites (N-methyl/N-ethyl adjacent to an activating group) is 1. The highest BCUT2D eigenvalue weighted by molar-refractivity contribution is 8.93. The molecule has 96 valence electrons. The minimum Gasteiger partial charge on any atom is -0.508 e. The molecule has 2 rings (SSSR count). The summed E-state index contributed by atoms with van der Waals surface area (Å²) in [5, 5.41) is 10.0. The van der Waals surface area contributed by atoms with Crippen LogP contribution in [0.2, 0.25) is 0 Å². The minimum absolute atomic E-state index is 0. The van der Waals surface area contributed by atoms with E-state index in [9.17, 15) is 5.11 Å². The molecule has 0 spiro atoms. The molecule has 1 unspecified atom stereocenters. The molecule has 0 radical (unpaired) electrons. The van der Waals surface area contributed by atoms with Crippen molar-refractivity contribution in [2.75, 3.05) is 20.1 Å². The maximum absolute atomic E-state index is 10.0. The van der Waals surface area contributed by atoms with Crippen LogP contribution in [0.15, 0.2) is 24.3 Å². The molecule has 17 heavy (non-hydrogen) atoms. The Bertz CT molecular complexity index is 365. The van der Waals surface area contributed by atoms with Gasteiger partial charge in [0.15, 0.2) is 0 Å². The van der Waals surface area contributed by atoms with Gasteiger partial charge in [0.05, 0.1) is 0 Å². The molecule has 3 heteroatoms. The summed E-state index contributed by atoms with van der Waals surface area (Å²) in [5.41, 5.74) is 1.32. The summed E-state index contributed by atoms with van der Waals surface area (Å²) in [6.45, 7) is 4.42. The summed E-state index contributed by atoms with van der Waals surface area (Å²) in [6, 6.07) is 7.83. The molecule has 0 aliphatic carbocycles. The molecule has 1 aliphatic rings. The quantitative estimate of drug-likeness (QED) is 0.925. The minimum atomic E-state index is 0. The number of nitrogens with zero attached hydrogens (tertiary/aromatic N) is 1. The summed E-state index contributed by atoms with van der Waals surface area (Å²) in [5.74, 6) is 0.464. The van der Waals surface area contributed by atoms with Crippen molar-refractivity contribution in [1.29, 1.82) is 0 Å². The van der Waals surface area contributed by atoms with Gasteiger partial charge in [0.2, 0.25) is 0 Å². The summed E-state index contributed by atoms with van der Waals surface area (Å²) < 4.78 is 0. The maximum Gasteiger partial charge on any atom is 0.119 e. The number of benzene rings is 1. The molecule has 1 fully saturated rings. The number of likely N-dealkylation sites (tertiary alicyclic amines) is 1. The molecule has 1 heterocycles. The third kappa shape index (κ3) is 2.83. The SMILES string of the molecule is Br.CCCC1(c2ccccc2O)CCN(C)C1. The molecule has 0 bridgehead atoms. The summed E-state index contributed by atoms with van der Waals surface area (Å²) in [7, 11) is 2.16. The molecular formula is C14H22BrNO. The average Bonchev–Trinajstić information content (AvgIpc) is 2.62. The van der Waals surface area contributed by atoms with Gasteiger partial charge in [-0.3, -0.25) is 0 Å². The number of phenols is 1. The summed E-state index contributed by atoms with van der Waals surface area (Å²) in [4.78, 5) is 2.36. The van der Waals surface area contributed by atoms with Gasteiger partial charge in [0.25, 0.3) is 0 Å². The monoisotopic (exact) mass is 299 g/mol. The van der Waals surface area contributed by atoms with E-state index in [1.54, 1.807) is 0 Å². The second-order valence-electron chi connectivity index (χ2n) is 5.04. The van der Waals surface area contributed by atoms with Gasteiger partial charge < -0.3 is 10.0 Å². The van der Waals surface area contributed by atoms with Gasteiger partial charge in [0.1, 0.15) is 5.75 Å². The zero-order valence-electron chi connectivity index (χ0n) is 10.6. The lowest BCUT2D eigenvalue weighted by Crippen LogP contribution is -2.29. The van der Waals surface area contributed by atoms with E-state index in [0.29, 0.717) is 5.75 Å². The van der Waals surface area contributed by atoms with E-state index in [1.165, 1.54) is 6.42 Å². The Kier molecular flexibility index (Phi) is 5.02. The zero-order valence-corrected chi connectivity index (χ0v) is 12.4. The highest BCUT2D eigenvalue weighted by Gasteiger charge is 2.38. The first kappa shape index (κ1) is 14.5. The van der Waals surface area contributed by atoms with Crippen LogP contribution < -0.4 is 0 Å². The van der Waals surface area contributed by atoms with Crippen molar-refractivity contribution in [2.24, 2.45) is 0 Å². The van der Waals surface area contributed by atoms with Gasteiger partial charge in [-0.25, -0.2) is 0 Å². The van der Waals surface area contributed by atoms with Gasteiger partial charge in [0, 0.05) is 17.5 Å². The average molecular weight is 300 g/mol. The Balaban J connectivity index is 0.00000144. The van der Waals surface area contributed by atoms with E-state index in [2.05, 4.69) is 24.9 Å². The largest absolute Gasteiger partial charge is 0.508 e. The van der Waals surface area contributed by atoms with Crippen LogP contribution in [-0.2, 0) is 5.41 Å². The second-order valence-corrected chi connectivity index (χ2v) is 5.04. The molecule has 1 atom stereocenters. The standard InChI is InChI=1S/C14H21NO.BrH/c1-3-8-14(9-10-15(2)11-14)12-6-4-5-7-13(12)16;/h4-7,16H,3,8-11H2,1-2H3;1H. The zero-order chi connectivity index (χ0) is 11.6. The second kappa shape index (κ2) is 5.87. The van der Waals surface area contributed by atoms with E-state index < -0.39 is 0 Å². The van der Waals surface area contributed by atoms with E-state index >= 15 is 0 Å². The first-order chi connectivity index (χ1) is 7.68. The van der Waals surface area contributed by atoms with Crippen molar-refractivity contribution in [3.8, 4) is 5.75 Å². The maximum atomic E-state index is 10.0. The van der Waals surface area contributed by atoms with Gasteiger partial charge in [-0.15, -0.1) is 17.0 Å². The van der Waals surface area contributed by atoms with Gasteiger partial charge in [-0.1, -0.05) is 31.5 Å². The van der Waals surface area contributed by atoms with Gasteiger partial charge >= 0.3 is 0 Å². The van der Waals surface area contributed by atoms with Crippen molar-refractivity contribution in [3.63, 3.8) is 0 Å². The van der Waals surface area contributed by atoms with Crippen LogP contribution in [0.25, 0.3) is 0 Å². The van der Waals surface area contributed by atoms with Crippen LogP contribution in [0.1, 0.15) is 31.7 Å². The lowest BCUT2D eigenvalue weighted by molar-refractivity contribution is 0.340. The van der Waals surface area contributed by atoms with Crippen molar-refractivity contribution in [1.82, 2.24) is 4.90 Å². The van der Waals surface area contributed by atoms with Gasteiger partial charge in [-0.2, -0.15) is 0 Å². The predicted octanol–water partition coefficient (Wildman–Crippen LogP) is 3.34. The first-order valence-corrected chi connectivity index (χ1v) is 6.15. The Morgan fingerprint density at radius 1 is 1.35 bits per heavy atom. The number of halogens is 1. The van der Waals surface area contributed by atoms with E-state index in [-0.39, 0.29) is 22.4 Å². The summed E-state index contributed by atoms with van der Waals surface area (Å²) >= 11 is 0. The fourth-order valence-corrected chi connectivity index (χ4v) is 3.04. The van der Waals surface area contributed by atoms with Crippen LogP contribution in [0.3, 0.4) is 0 Å². The van der Waals surface area contributed by atoms with Crippen molar-refractivity contribution in [2.45, 2.75) is 31.6 Å². The third-order valence-corrected chi connectivity index (χ3v) is 3.75. The van der Waals surface area contributed by atoms with E-state index in [0.717, 1.165) is 31.5 Å². The van der Waals surface area contributed by atoms with E-state index in [4.69, 9.17) is 0 Å². The van der Waals surface area contributed by atoms with Crippen LogP contribution in [-0.4, -0.2) is 30.1 Å². The number of aromatic hydroxyl groups is 1. The number of hydrogen-bond donors (Lipinski definition) is 1. The van der Waals surface area contributed by atoms with Crippen LogP contribution >= 0.6 is 17.0 Å². The molecule has 1 saturated heterocycles. The summed E-state index contributed by atoms with van der Waals surface area (Å²) in [6.07, 6.45) is 3.49. The smallest absolute Gasteiger partial charge is 0.119 e. The predicted molar refractivity (Wildman–Crippen MR) is 77.1 cm³/mol. The number of phenolic OH excluding ortho intramolecular Hbond substituents is 1. The Morgan fingerprint density at radius 3 is 2.59 bits per heavy atom. The molecule has 0 saturated carbocycles. The molecule has 0 aromatic heterocycles. The third-order valence-electron chi connectivity index (χ3n) is 3.75. The Labute approximate surface area is 114 Å². The number of rotatable bonds is 3. The lowest BCUT2D eigenvalue weighted by Gasteiger charge is -2.30. The van der Waals surface area contributed by atoms with Crippen LogP contribution in [0, 0.1) is 0 Å². The van der Waals surface area contributed by atoms with Crippen molar-refractivity contribution < 1.29 is 5.11 Å². The number of para-hydroxylation sites is 1. The Hall–Kier alpha value is -0.540. The fourth-order valence-electron chi connectivity index (χ4n) is 3.04. The van der Waals surface area contributed by atoms with E-state index in [1.807, 2.05) is 18.2 Å². The fraction of sp³-hybridized carbons (Fsp3) is 0.571. The highest BCUT2D eigenvalue weighted by atomic mass is 79.9. The molecule has 2 nitrogen and oxygen atoms in total. The highest BCUT2D eigenvalue weighted by Crippen LogP contribution is 2.41. The molecule has 1 N–H and O–H groups in total. The van der Waals surface area contributed by atoms with Crippen molar-refractivity contribution >= 4 is 17.0 Å². The Morgan fingerprint density at radius 2 is 2.06 bits per heavy atom. The first-order valence-electron chi connectivity index (χ1n) is 6.15. The number of hydrogen-bond acceptors (Lipinski definition) is 2. The van der Waals surface area contributed by atoms with Crippen LogP contribution in [0.5, 0.6) is 5.75 Å².